The fourth-order valence-electron chi connectivity index (χ4n) is 5.97. The zero-order valence-electron chi connectivity index (χ0n) is 27.3. The molecule has 4 rings (SSSR count). The third-order valence-electron chi connectivity index (χ3n) is 8.78. The van der Waals surface area contributed by atoms with Crippen LogP contribution in [-0.4, -0.2) is 53.7 Å². The quantitative estimate of drug-likeness (QED) is 0.276. The molecule has 2 aromatic rings. The van der Waals surface area contributed by atoms with Gasteiger partial charge in [0.25, 0.3) is 5.91 Å². The zero-order valence-corrected chi connectivity index (χ0v) is 27.3. The first-order valence-corrected chi connectivity index (χ1v) is 15.2. The van der Waals surface area contributed by atoms with Crippen LogP contribution in [0.1, 0.15) is 80.6 Å². The van der Waals surface area contributed by atoms with Crippen molar-refractivity contribution >= 4 is 47.7 Å². The minimum Gasteiger partial charge on any atom is -0.469 e. The summed E-state index contributed by atoms with van der Waals surface area (Å²) in [5, 5.41) is 4.54. The third-order valence-corrected chi connectivity index (χ3v) is 8.78. The van der Waals surface area contributed by atoms with Gasteiger partial charge >= 0.3 is 11.9 Å². The SMILES string of the molecule is C/C=C1/C(=[13CH]/c2[nH]c(/C=c3\[nH]/c(=C\C4=NC(=O)C(CC)=C4C)c(C)c3CCC(=O)OC)c(CCC(=O)OC)c2C)NC(=O)C1C. The Balaban J connectivity index is 1.91. The molecule has 2 aliphatic rings. The molecule has 1 unspecified atom stereocenters. The number of aromatic amines is 2. The largest absolute Gasteiger partial charge is 0.469 e. The van der Waals surface area contributed by atoms with E-state index in [1.807, 2.05) is 65.8 Å². The highest BCUT2D eigenvalue weighted by Crippen LogP contribution is 2.29. The average Bonchev–Trinajstić information content (AvgIpc) is 3.66. The topological polar surface area (TPSA) is 143 Å². The van der Waals surface area contributed by atoms with Crippen LogP contribution in [0.25, 0.3) is 18.2 Å². The van der Waals surface area contributed by atoms with E-state index in [9.17, 15) is 19.2 Å². The molecule has 3 N–H and O–H groups in total. The number of aliphatic imine (C=N–C) groups is 1. The van der Waals surface area contributed by atoms with Gasteiger partial charge in [-0.1, -0.05) is 13.0 Å². The molecule has 2 aliphatic heterocycles. The first kappa shape index (κ1) is 33.2. The van der Waals surface area contributed by atoms with Gasteiger partial charge in [-0.15, -0.1) is 0 Å². The summed E-state index contributed by atoms with van der Waals surface area (Å²) in [4.78, 5) is 60.4. The Kier molecular flexibility index (Phi) is 10.3. The molecule has 238 valence electrons. The molecule has 0 spiro atoms. The minimum absolute atomic E-state index is 0.0538. The second-order valence-corrected chi connectivity index (χ2v) is 11.3. The summed E-state index contributed by atoms with van der Waals surface area (Å²) in [5.41, 5.74) is 9.15. The lowest BCUT2D eigenvalue weighted by molar-refractivity contribution is -0.141. The number of carbonyl (C=O) groups excluding carboxylic acids is 4. The second kappa shape index (κ2) is 13.9. The monoisotopic (exact) mass is 615 g/mol. The number of hydrogen-bond acceptors (Lipinski definition) is 6. The highest BCUT2D eigenvalue weighted by Gasteiger charge is 2.29. The van der Waals surface area contributed by atoms with Crippen molar-refractivity contribution in [2.45, 2.75) is 73.6 Å². The number of allylic oxidation sites excluding steroid dienone is 3. The van der Waals surface area contributed by atoms with E-state index in [-0.39, 0.29) is 42.5 Å². The molecule has 1 fully saturated rings. The predicted molar refractivity (Wildman–Crippen MR) is 173 cm³/mol. The van der Waals surface area contributed by atoms with Gasteiger partial charge in [-0.25, -0.2) is 4.99 Å². The first-order valence-electron chi connectivity index (χ1n) is 15.2. The number of H-pyrrole nitrogens is 2. The molecule has 10 nitrogen and oxygen atoms in total. The van der Waals surface area contributed by atoms with Gasteiger partial charge in [0.2, 0.25) is 5.91 Å². The van der Waals surface area contributed by atoms with Crippen molar-refractivity contribution in [1.82, 2.24) is 15.3 Å². The number of hydrogen-bond donors (Lipinski definition) is 3. The van der Waals surface area contributed by atoms with Crippen LogP contribution in [0.3, 0.4) is 0 Å². The highest BCUT2D eigenvalue weighted by atomic mass is 16.5. The van der Waals surface area contributed by atoms with Crippen molar-refractivity contribution in [3.05, 3.63) is 72.8 Å². The molecular weight excluding hydrogens is 573 g/mol. The van der Waals surface area contributed by atoms with Gasteiger partial charge in [0.05, 0.1) is 25.8 Å². The Morgan fingerprint density at radius 2 is 1.51 bits per heavy atom. The molecule has 0 aliphatic carbocycles. The molecule has 2 aromatic heterocycles. The molecule has 2 amide bonds. The molecule has 10 heteroatoms. The van der Waals surface area contributed by atoms with Crippen LogP contribution < -0.4 is 16.0 Å². The van der Waals surface area contributed by atoms with Gasteiger partial charge in [-0.2, -0.15) is 0 Å². The predicted octanol–water partition coefficient (Wildman–Crippen LogP) is 3.54. The van der Waals surface area contributed by atoms with Crippen molar-refractivity contribution in [2.75, 3.05) is 14.2 Å². The maximum absolute atomic E-state index is 12.4. The van der Waals surface area contributed by atoms with Gasteiger partial charge in [-0.05, 0) is 106 Å². The van der Waals surface area contributed by atoms with E-state index in [1.54, 1.807) is 0 Å². The van der Waals surface area contributed by atoms with Gasteiger partial charge in [-0.3, -0.25) is 19.2 Å². The van der Waals surface area contributed by atoms with E-state index in [2.05, 4.69) is 20.3 Å². The summed E-state index contributed by atoms with van der Waals surface area (Å²) < 4.78 is 9.83. The van der Waals surface area contributed by atoms with E-state index in [4.69, 9.17) is 9.47 Å². The standard InChI is InChI=1S/C35H42N4O6/c1-9-22-21(6)34(42)39-29(22)16-27-20(5)25(12-14-33(41)45-8)31(37-27)17-30-24(11-13-32(40)44-7)19(4)26(36-30)15-28-18(3)23(10-2)35(43)38-28/h9,15-17,21,36-37H,10-14H2,1-8H3,(H,39,42)/b22-9+,26-15-,29-16-,30-17-/i16+1. The lowest BCUT2D eigenvalue weighted by Crippen LogP contribution is -2.16. The number of amides is 2. The van der Waals surface area contributed by atoms with Crippen molar-refractivity contribution in [2.24, 2.45) is 10.9 Å². The van der Waals surface area contributed by atoms with Gasteiger partial charge in [0.1, 0.15) is 0 Å². The first-order chi connectivity index (χ1) is 21.4. The summed E-state index contributed by atoms with van der Waals surface area (Å²) in [6.45, 7) is 11.6. The van der Waals surface area contributed by atoms with Crippen molar-refractivity contribution in [1.29, 1.82) is 0 Å². The van der Waals surface area contributed by atoms with Crippen molar-refractivity contribution in [3.8, 4) is 0 Å². The zero-order chi connectivity index (χ0) is 33.0. The molecule has 0 bridgehead atoms. The minimum atomic E-state index is -0.319. The number of esters is 2. The lowest BCUT2D eigenvalue weighted by Gasteiger charge is -2.04. The fraction of sp³-hybridized carbons (Fsp3) is 0.400. The fourth-order valence-corrected chi connectivity index (χ4v) is 5.97. The highest BCUT2D eigenvalue weighted by molar-refractivity contribution is 6.30. The summed E-state index contributed by atoms with van der Waals surface area (Å²) in [5.74, 6) is -1.15. The molecule has 1 atom stereocenters. The smallest absolute Gasteiger partial charge is 0.305 e. The summed E-state index contributed by atoms with van der Waals surface area (Å²) in [7, 11) is 2.74. The van der Waals surface area contributed by atoms with Crippen LogP contribution in [-0.2, 0) is 41.5 Å². The molecule has 1 saturated heterocycles. The van der Waals surface area contributed by atoms with E-state index in [1.165, 1.54) is 14.2 Å². The molecule has 0 aromatic carbocycles. The number of nitrogens with zero attached hydrogens (tertiary/aromatic N) is 1. The van der Waals surface area contributed by atoms with E-state index < -0.39 is 0 Å². The van der Waals surface area contributed by atoms with Crippen LogP contribution >= 0.6 is 0 Å². The lowest BCUT2D eigenvalue weighted by atomic mass is 10.0. The number of aromatic nitrogens is 2. The van der Waals surface area contributed by atoms with Gasteiger partial charge in [0, 0.05) is 46.2 Å². The van der Waals surface area contributed by atoms with Crippen LogP contribution in [0.2, 0.25) is 0 Å². The second-order valence-electron chi connectivity index (χ2n) is 11.3. The van der Waals surface area contributed by atoms with Crippen LogP contribution in [0.5, 0.6) is 0 Å². The third kappa shape index (κ3) is 6.84. The number of nitrogens with one attached hydrogen (secondary N) is 3. The van der Waals surface area contributed by atoms with Crippen molar-refractivity contribution in [3.63, 3.8) is 0 Å². The number of ether oxygens (including phenoxy) is 2. The molecule has 0 saturated carbocycles. The Morgan fingerprint density at radius 1 is 0.867 bits per heavy atom. The van der Waals surface area contributed by atoms with Crippen LogP contribution in [0, 0.1) is 19.8 Å². The van der Waals surface area contributed by atoms with E-state index >= 15 is 0 Å². The Morgan fingerprint density at radius 3 is 2.09 bits per heavy atom. The van der Waals surface area contributed by atoms with E-state index in [0.29, 0.717) is 30.5 Å². The maximum Gasteiger partial charge on any atom is 0.305 e. The van der Waals surface area contributed by atoms with Gasteiger partial charge in [0.15, 0.2) is 0 Å². The van der Waals surface area contributed by atoms with E-state index in [0.717, 1.165) is 61.2 Å². The van der Waals surface area contributed by atoms with Crippen LogP contribution in [0.4, 0.5) is 0 Å². The Bertz CT molecular complexity index is 1810. The average molecular weight is 616 g/mol. The number of carbonyl (C=O) groups is 4. The Labute approximate surface area is 263 Å². The molecule has 4 heterocycles. The summed E-state index contributed by atoms with van der Waals surface area (Å²) in [6.07, 6.45) is 9.57. The number of methoxy groups -OCH3 is 2. The summed E-state index contributed by atoms with van der Waals surface area (Å²) in [6, 6.07) is 0. The van der Waals surface area contributed by atoms with Gasteiger partial charge < -0.3 is 24.8 Å². The summed E-state index contributed by atoms with van der Waals surface area (Å²) >= 11 is 0. The molecule has 45 heavy (non-hydrogen) atoms. The molecular formula is C35H42N4O6. The number of rotatable bonds is 10. The Hall–Kier alpha value is -4.73. The van der Waals surface area contributed by atoms with Crippen molar-refractivity contribution < 1.29 is 28.7 Å². The normalized spacial score (nSPS) is 19.3. The van der Waals surface area contributed by atoms with Crippen LogP contribution in [0.15, 0.2) is 33.5 Å². The maximum atomic E-state index is 12.4. The molecule has 0 radical (unpaired) electrons.